The molecule has 0 unspecified atom stereocenters. The monoisotopic (exact) mass is 196 g/mol. The Morgan fingerprint density at radius 2 is 1.86 bits per heavy atom. The highest BCUT2D eigenvalue weighted by atomic mass is 15.1. The van der Waals surface area contributed by atoms with Crippen LogP contribution < -0.4 is 5.32 Å². The molecule has 1 saturated heterocycles. The summed E-state index contributed by atoms with van der Waals surface area (Å²) in [5.41, 5.74) is 0. The first-order chi connectivity index (χ1) is 6.75. The maximum Gasteiger partial charge on any atom is 0.00974 e. The molecule has 0 aromatic carbocycles. The first-order valence-corrected chi connectivity index (χ1v) is 6.16. The molecular weight excluding hydrogens is 172 g/mol. The molecule has 1 heterocycles. The van der Waals surface area contributed by atoms with E-state index in [4.69, 9.17) is 0 Å². The van der Waals surface area contributed by atoms with Crippen LogP contribution >= 0.6 is 0 Å². The van der Waals surface area contributed by atoms with Crippen LogP contribution in [0.15, 0.2) is 0 Å². The lowest BCUT2D eigenvalue weighted by Crippen LogP contribution is -2.45. The van der Waals surface area contributed by atoms with Crippen LogP contribution in [-0.4, -0.2) is 37.6 Å². The van der Waals surface area contributed by atoms with Crippen molar-refractivity contribution in [3.8, 4) is 0 Å². The predicted octanol–water partition coefficient (Wildman–Crippen LogP) is 1.72. The van der Waals surface area contributed by atoms with Gasteiger partial charge in [0.25, 0.3) is 0 Å². The molecule has 0 atom stereocenters. The van der Waals surface area contributed by atoms with Crippen LogP contribution in [0.4, 0.5) is 0 Å². The average Bonchev–Trinajstić information content (AvgIpc) is 2.14. The van der Waals surface area contributed by atoms with Crippen molar-refractivity contribution in [2.75, 3.05) is 26.7 Å². The first-order valence-electron chi connectivity index (χ1n) is 6.16. The molecule has 1 aliphatic carbocycles. The van der Waals surface area contributed by atoms with Gasteiger partial charge in [0, 0.05) is 12.6 Å². The van der Waals surface area contributed by atoms with Crippen LogP contribution in [0.25, 0.3) is 0 Å². The Morgan fingerprint density at radius 3 is 2.43 bits per heavy atom. The molecule has 14 heavy (non-hydrogen) atoms. The van der Waals surface area contributed by atoms with E-state index in [1.807, 2.05) is 0 Å². The second-order valence-corrected chi connectivity index (χ2v) is 5.36. The van der Waals surface area contributed by atoms with E-state index in [0.29, 0.717) is 0 Å². The molecule has 2 rings (SSSR count). The van der Waals surface area contributed by atoms with E-state index in [1.165, 1.54) is 45.3 Å². The molecule has 1 saturated carbocycles. The summed E-state index contributed by atoms with van der Waals surface area (Å²) in [7, 11) is 2.32. The highest BCUT2D eigenvalue weighted by molar-refractivity contribution is 4.84. The summed E-state index contributed by atoms with van der Waals surface area (Å²) >= 11 is 0. The third-order valence-electron chi connectivity index (χ3n) is 3.98. The number of nitrogens with zero attached hydrogens (tertiary/aromatic N) is 1. The zero-order valence-electron chi connectivity index (χ0n) is 9.63. The second-order valence-electron chi connectivity index (χ2n) is 5.36. The predicted molar refractivity (Wildman–Crippen MR) is 60.4 cm³/mol. The minimum absolute atomic E-state index is 0.903. The van der Waals surface area contributed by atoms with Gasteiger partial charge in [-0.2, -0.15) is 0 Å². The number of hydrogen-bond donors (Lipinski definition) is 1. The van der Waals surface area contributed by atoms with Crippen LogP contribution in [0, 0.1) is 11.8 Å². The highest BCUT2D eigenvalue weighted by Gasteiger charge is 2.29. The Balaban J connectivity index is 1.68. The lowest BCUT2D eigenvalue weighted by molar-refractivity contribution is 0.0897. The minimum Gasteiger partial charge on any atom is -0.317 e. The topological polar surface area (TPSA) is 15.3 Å². The first kappa shape index (κ1) is 10.4. The normalized spacial score (nSPS) is 34.5. The van der Waals surface area contributed by atoms with Gasteiger partial charge < -0.3 is 10.2 Å². The maximum absolute atomic E-state index is 3.43. The van der Waals surface area contributed by atoms with Crippen LogP contribution in [0.2, 0.25) is 0 Å². The van der Waals surface area contributed by atoms with Gasteiger partial charge in [0.1, 0.15) is 0 Å². The van der Waals surface area contributed by atoms with Gasteiger partial charge in [-0.1, -0.05) is 6.92 Å². The van der Waals surface area contributed by atoms with E-state index in [1.54, 1.807) is 0 Å². The van der Waals surface area contributed by atoms with Gasteiger partial charge in [-0.25, -0.2) is 0 Å². The van der Waals surface area contributed by atoms with Gasteiger partial charge >= 0.3 is 0 Å². The lowest BCUT2D eigenvalue weighted by atomic mass is 9.80. The molecule has 0 aromatic heterocycles. The standard InChI is InChI=1S/C12H24N2/c1-10-7-12(8-10)14(2)9-11-3-5-13-6-4-11/h10-13H,3-9H2,1-2H3. The fourth-order valence-electron chi connectivity index (χ4n) is 2.84. The average molecular weight is 196 g/mol. The van der Waals surface area contributed by atoms with Crippen LogP contribution in [0.3, 0.4) is 0 Å². The zero-order chi connectivity index (χ0) is 9.97. The van der Waals surface area contributed by atoms with Crippen molar-refractivity contribution in [2.45, 2.75) is 38.6 Å². The van der Waals surface area contributed by atoms with Gasteiger partial charge in [-0.15, -0.1) is 0 Å². The van der Waals surface area contributed by atoms with Gasteiger partial charge in [-0.3, -0.25) is 0 Å². The van der Waals surface area contributed by atoms with Crippen molar-refractivity contribution in [1.29, 1.82) is 0 Å². The van der Waals surface area contributed by atoms with Crippen LogP contribution in [-0.2, 0) is 0 Å². The SMILES string of the molecule is CC1CC(N(C)CC2CCNCC2)C1. The number of piperidine rings is 1. The Labute approximate surface area is 88.1 Å². The molecule has 0 aromatic rings. The molecule has 0 bridgehead atoms. The van der Waals surface area contributed by atoms with Gasteiger partial charge in [0.15, 0.2) is 0 Å². The summed E-state index contributed by atoms with van der Waals surface area (Å²) in [4.78, 5) is 2.61. The lowest BCUT2D eigenvalue weighted by Gasteiger charge is -2.41. The third-order valence-corrected chi connectivity index (χ3v) is 3.98. The summed E-state index contributed by atoms with van der Waals surface area (Å²) in [6.07, 6.45) is 5.63. The molecule has 0 spiro atoms. The summed E-state index contributed by atoms with van der Waals surface area (Å²) in [6.45, 7) is 6.17. The maximum atomic E-state index is 3.43. The molecular formula is C12H24N2. The Bertz CT molecular complexity index is 169. The number of nitrogens with one attached hydrogen (secondary N) is 1. The Kier molecular flexibility index (Phi) is 3.45. The molecule has 82 valence electrons. The molecule has 1 aliphatic heterocycles. The number of rotatable bonds is 3. The smallest absolute Gasteiger partial charge is 0.00974 e. The summed E-state index contributed by atoms with van der Waals surface area (Å²) < 4.78 is 0. The van der Waals surface area contributed by atoms with Crippen molar-refractivity contribution in [3.05, 3.63) is 0 Å². The summed E-state index contributed by atoms with van der Waals surface area (Å²) in [5.74, 6) is 1.94. The fourth-order valence-corrected chi connectivity index (χ4v) is 2.84. The van der Waals surface area contributed by atoms with E-state index < -0.39 is 0 Å². The fraction of sp³-hybridized carbons (Fsp3) is 1.00. The van der Waals surface area contributed by atoms with Crippen molar-refractivity contribution in [3.63, 3.8) is 0 Å². The van der Waals surface area contributed by atoms with E-state index >= 15 is 0 Å². The van der Waals surface area contributed by atoms with Crippen LogP contribution in [0.1, 0.15) is 32.6 Å². The van der Waals surface area contributed by atoms with E-state index in [-0.39, 0.29) is 0 Å². The number of hydrogen-bond acceptors (Lipinski definition) is 2. The second kappa shape index (κ2) is 4.63. The highest BCUT2D eigenvalue weighted by Crippen LogP contribution is 2.31. The molecule has 0 amide bonds. The molecule has 2 nitrogen and oxygen atoms in total. The van der Waals surface area contributed by atoms with Crippen molar-refractivity contribution >= 4 is 0 Å². The molecule has 2 aliphatic rings. The molecule has 2 heteroatoms. The molecule has 2 fully saturated rings. The molecule has 0 radical (unpaired) electrons. The van der Waals surface area contributed by atoms with Crippen LogP contribution in [0.5, 0.6) is 0 Å². The van der Waals surface area contributed by atoms with E-state index in [0.717, 1.165) is 17.9 Å². The third kappa shape index (κ3) is 2.48. The molecule has 1 N–H and O–H groups in total. The quantitative estimate of drug-likeness (QED) is 0.739. The van der Waals surface area contributed by atoms with Crippen molar-refractivity contribution < 1.29 is 0 Å². The largest absolute Gasteiger partial charge is 0.317 e. The van der Waals surface area contributed by atoms with Gasteiger partial charge in [0.2, 0.25) is 0 Å². The van der Waals surface area contributed by atoms with Gasteiger partial charge in [-0.05, 0) is 57.7 Å². The van der Waals surface area contributed by atoms with Gasteiger partial charge in [0.05, 0.1) is 0 Å². The summed E-state index contributed by atoms with van der Waals surface area (Å²) in [5, 5.41) is 3.43. The summed E-state index contributed by atoms with van der Waals surface area (Å²) in [6, 6.07) is 0.903. The Hall–Kier alpha value is -0.0800. The van der Waals surface area contributed by atoms with Crippen molar-refractivity contribution in [2.24, 2.45) is 11.8 Å². The zero-order valence-corrected chi connectivity index (χ0v) is 9.63. The van der Waals surface area contributed by atoms with Crippen molar-refractivity contribution in [1.82, 2.24) is 10.2 Å². The van der Waals surface area contributed by atoms with E-state index in [2.05, 4.69) is 24.2 Å². The van der Waals surface area contributed by atoms with E-state index in [9.17, 15) is 0 Å². The minimum atomic E-state index is 0.903. The Morgan fingerprint density at radius 1 is 1.21 bits per heavy atom.